The highest BCUT2D eigenvalue weighted by Crippen LogP contribution is 1.83. The SMILES string of the molecule is C=C(C)/C=c1/cn[nH]c1=C.CC. The van der Waals surface area contributed by atoms with Crippen molar-refractivity contribution in [3.63, 3.8) is 0 Å². The Morgan fingerprint density at radius 3 is 2.50 bits per heavy atom. The lowest BCUT2D eigenvalue weighted by Gasteiger charge is -1.79. The lowest BCUT2D eigenvalue weighted by atomic mass is 10.3. The first kappa shape index (κ1) is 10.7. The van der Waals surface area contributed by atoms with Gasteiger partial charge in [-0.3, -0.25) is 5.10 Å². The van der Waals surface area contributed by atoms with Gasteiger partial charge in [0, 0.05) is 5.22 Å². The average Bonchev–Trinajstić information content (AvgIpc) is 2.40. The van der Waals surface area contributed by atoms with E-state index in [4.69, 9.17) is 0 Å². The fourth-order valence-electron chi connectivity index (χ4n) is 0.712. The molecule has 0 aliphatic carbocycles. The second kappa shape index (κ2) is 5.35. The van der Waals surface area contributed by atoms with Gasteiger partial charge in [-0.15, -0.1) is 0 Å². The summed E-state index contributed by atoms with van der Waals surface area (Å²) < 4.78 is 0. The molecule has 1 N–H and O–H groups in total. The van der Waals surface area contributed by atoms with Crippen LogP contribution in [0.15, 0.2) is 18.3 Å². The van der Waals surface area contributed by atoms with Crippen LogP contribution in [0.25, 0.3) is 12.7 Å². The van der Waals surface area contributed by atoms with Gasteiger partial charge in [-0.05, 0) is 13.0 Å². The number of hydrogen-bond donors (Lipinski definition) is 1. The summed E-state index contributed by atoms with van der Waals surface area (Å²) in [4.78, 5) is 0. The third-order valence-corrected chi connectivity index (χ3v) is 1.15. The van der Waals surface area contributed by atoms with Crippen LogP contribution < -0.4 is 10.6 Å². The summed E-state index contributed by atoms with van der Waals surface area (Å²) in [6, 6.07) is 0. The van der Waals surface area contributed by atoms with Crippen LogP contribution in [0.2, 0.25) is 0 Å². The summed E-state index contributed by atoms with van der Waals surface area (Å²) in [5, 5.41) is 8.40. The number of allylic oxidation sites excluding steroid dienone is 1. The minimum Gasteiger partial charge on any atom is -0.278 e. The maximum atomic E-state index is 3.81. The average molecular weight is 164 g/mol. The Morgan fingerprint density at radius 1 is 1.58 bits per heavy atom. The summed E-state index contributed by atoms with van der Waals surface area (Å²) in [6.07, 6.45) is 3.67. The zero-order valence-electron chi connectivity index (χ0n) is 8.02. The molecule has 0 aliphatic heterocycles. The molecule has 0 saturated carbocycles. The third kappa shape index (κ3) is 3.19. The molecule has 0 saturated heterocycles. The van der Waals surface area contributed by atoms with Crippen LogP contribution in [0.4, 0.5) is 0 Å². The van der Waals surface area contributed by atoms with E-state index in [2.05, 4.69) is 23.4 Å². The molecule has 0 aromatic carbocycles. The number of rotatable bonds is 1. The fraction of sp³-hybridized carbons (Fsp3) is 0.300. The molecule has 12 heavy (non-hydrogen) atoms. The van der Waals surface area contributed by atoms with Crippen LogP contribution in [-0.4, -0.2) is 10.2 Å². The molecule has 0 atom stereocenters. The van der Waals surface area contributed by atoms with Crippen molar-refractivity contribution < 1.29 is 0 Å². The fourth-order valence-corrected chi connectivity index (χ4v) is 0.712. The summed E-state index contributed by atoms with van der Waals surface area (Å²) in [5.74, 6) is 0. The van der Waals surface area contributed by atoms with Crippen molar-refractivity contribution in [3.05, 3.63) is 28.9 Å². The third-order valence-electron chi connectivity index (χ3n) is 1.15. The number of aromatic amines is 1. The first-order chi connectivity index (χ1) is 5.70. The standard InChI is InChI=1S/C8H10N2.C2H6/c1-6(2)4-8-5-9-10-7(8)3;1-2/h4-5,10H,1,3H2,2H3;1-2H3/b8-4-;. The number of nitrogens with one attached hydrogen (secondary N) is 1. The Morgan fingerprint density at radius 2 is 2.17 bits per heavy atom. The summed E-state index contributed by atoms with van der Waals surface area (Å²) in [5.41, 5.74) is 1.01. The molecule has 66 valence electrons. The van der Waals surface area contributed by atoms with Crippen LogP contribution in [-0.2, 0) is 0 Å². The molecule has 1 heterocycles. The predicted octanol–water partition coefficient (Wildman–Crippen LogP) is 1.20. The van der Waals surface area contributed by atoms with Crippen molar-refractivity contribution >= 4 is 12.7 Å². The minimum atomic E-state index is 0.836. The lowest BCUT2D eigenvalue weighted by molar-refractivity contribution is 1.06. The van der Waals surface area contributed by atoms with Gasteiger partial charge in [0.15, 0.2) is 0 Å². The maximum absolute atomic E-state index is 3.81. The summed E-state index contributed by atoms with van der Waals surface area (Å²) in [7, 11) is 0. The lowest BCUT2D eigenvalue weighted by Crippen LogP contribution is -2.19. The van der Waals surface area contributed by atoms with Gasteiger partial charge in [-0.2, -0.15) is 5.10 Å². The van der Waals surface area contributed by atoms with Gasteiger partial charge in [0.2, 0.25) is 0 Å². The number of aromatic nitrogens is 2. The number of H-pyrrole nitrogens is 1. The van der Waals surface area contributed by atoms with Crippen molar-refractivity contribution in [3.8, 4) is 0 Å². The normalized spacial score (nSPS) is 10.4. The van der Waals surface area contributed by atoms with Crippen LogP contribution >= 0.6 is 0 Å². The molecular formula is C10H16N2. The number of nitrogens with zero attached hydrogens (tertiary/aromatic N) is 1. The van der Waals surface area contributed by atoms with Gasteiger partial charge in [-0.1, -0.05) is 32.6 Å². The highest BCUT2D eigenvalue weighted by Gasteiger charge is 1.82. The van der Waals surface area contributed by atoms with Crippen LogP contribution in [0.3, 0.4) is 0 Å². The Labute approximate surface area is 73.3 Å². The first-order valence-corrected chi connectivity index (χ1v) is 4.05. The molecule has 0 spiro atoms. The molecule has 0 fully saturated rings. The largest absolute Gasteiger partial charge is 0.278 e. The topological polar surface area (TPSA) is 28.7 Å². The van der Waals surface area contributed by atoms with Gasteiger partial charge in [-0.25, -0.2) is 0 Å². The zero-order valence-corrected chi connectivity index (χ0v) is 8.02. The first-order valence-electron chi connectivity index (χ1n) is 4.05. The molecule has 1 aromatic rings. The van der Waals surface area contributed by atoms with Crippen molar-refractivity contribution in [2.24, 2.45) is 0 Å². The summed E-state index contributed by atoms with van der Waals surface area (Å²) >= 11 is 0. The molecule has 2 heteroatoms. The van der Waals surface area contributed by atoms with Gasteiger partial charge in [0.25, 0.3) is 0 Å². The number of hydrogen-bond acceptors (Lipinski definition) is 1. The van der Waals surface area contributed by atoms with E-state index >= 15 is 0 Å². The Hall–Kier alpha value is -1.31. The zero-order chi connectivity index (χ0) is 9.56. The molecule has 0 aliphatic rings. The maximum Gasteiger partial charge on any atom is 0.0578 e. The van der Waals surface area contributed by atoms with Gasteiger partial charge < -0.3 is 0 Å². The Balaban J connectivity index is 0.000000561. The predicted molar refractivity (Wildman–Crippen MR) is 54.0 cm³/mol. The van der Waals surface area contributed by atoms with E-state index in [0.717, 1.165) is 16.1 Å². The van der Waals surface area contributed by atoms with Crippen molar-refractivity contribution in [2.75, 3.05) is 0 Å². The van der Waals surface area contributed by atoms with Gasteiger partial charge in [0.05, 0.1) is 11.5 Å². The highest BCUT2D eigenvalue weighted by molar-refractivity contribution is 5.42. The monoisotopic (exact) mass is 164 g/mol. The van der Waals surface area contributed by atoms with E-state index in [9.17, 15) is 0 Å². The molecule has 1 rings (SSSR count). The van der Waals surface area contributed by atoms with Gasteiger partial charge >= 0.3 is 0 Å². The molecule has 2 nitrogen and oxygen atoms in total. The second-order valence-electron chi connectivity index (χ2n) is 2.29. The van der Waals surface area contributed by atoms with Crippen molar-refractivity contribution in [2.45, 2.75) is 20.8 Å². The minimum absolute atomic E-state index is 0.836. The van der Waals surface area contributed by atoms with E-state index < -0.39 is 0 Å². The van der Waals surface area contributed by atoms with E-state index in [1.807, 2.05) is 26.8 Å². The van der Waals surface area contributed by atoms with Crippen LogP contribution in [0, 0.1) is 0 Å². The quantitative estimate of drug-likeness (QED) is 0.664. The summed E-state index contributed by atoms with van der Waals surface area (Å²) in [6.45, 7) is 13.4. The van der Waals surface area contributed by atoms with Crippen LogP contribution in [0.1, 0.15) is 20.8 Å². The van der Waals surface area contributed by atoms with Crippen molar-refractivity contribution in [1.29, 1.82) is 0 Å². The molecule has 0 radical (unpaired) electrons. The highest BCUT2D eigenvalue weighted by atomic mass is 15.1. The Kier molecular flexibility index (Phi) is 4.77. The van der Waals surface area contributed by atoms with E-state index in [-0.39, 0.29) is 0 Å². The van der Waals surface area contributed by atoms with Crippen LogP contribution in [0.5, 0.6) is 0 Å². The Bertz CT molecular complexity index is 333. The van der Waals surface area contributed by atoms with Crippen molar-refractivity contribution in [1.82, 2.24) is 10.2 Å². The van der Waals surface area contributed by atoms with E-state index in [1.165, 1.54) is 0 Å². The smallest absolute Gasteiger partial charge is 0.0578 e. The molecule has 0 amide bonds. The molecular weight excluding hydrogens is 148 g/mol. The van der Waals surface area contributed by atoms with E-state index in [0.29, 0.717) is 0 Å². The molecule has 0 unspecified atom stereocenters. The molecule has 1 aromatic heterocycles. The second-order valence-corrected chi connectivity index (χ2v) is 2.29. The van der Waals surface area contributed by atoms with Gasteiger partial charge in [0.1, 0.15) is 0 Å². The molecule has 0 bridgehead atoms. The van der Waals surface area contributed by atoms with E-state index in [1.54, 1.807) is 6.20 Å².